The van der Waals surface area contributed by atoms with Gasteiger partial charge in [0.25, 0.3) is 0 Å². The summed E-state index contributed by atoms with van der Waals surface area (Å²) in [5, 5.41) is -0.688. The van der Waals surface area contributed by atoms with E-state index < -0.39 is 32.4 Å². The largest absolute Gasteiger partial charge is 0.381 e. The van der Waals surface area contributed by atoms with Crippen LogP contribution >= 0.6 is 0 Å². The Balaban J connectivity index is 1.64. The monoisotopic (exact) mass is 450 g/mol. The molecular formula is C23H28F2N2O3S. The molecule has 31 heavy (non-hydrogen) atoms. The molecule has 0 aliphatic carbocycles. The van der Waals surface area contributed by atoms with Gasteiger partial charge in [-0.25, -0.2) is 17.2 Å². The van der Waals surface area contributed by atoms with E-state index in [1.165, 1.54) is 4.31 Å². The molecule has 0 unspecified atom stereocenters. The predicted molar refractivity (Wildman–Crippen MR) is 115 cm³/mol. The van der Waals surface area contributed by atoms with Gasteiger partial charge in [-0.3, -0.25) is 0 Å². The average molecular weight is 451 g/mol. The Bertz CT molecular complexity index is 1040. The normalized spacial score (nSPS) is 25.9. The van der Waals surface area contributed by atoms with E-state index in [0.717, 1.165) is 12.1 Å². The fraction of sp³-hybridized carbons (Fsp3) is 0.478. The van der Waals surface area contributed by atoms with Crippen LogP contribution in [0.2, 0.25) is 0 Å². The zero-order valence-electron chi connectivity index (χ0n) is 17.6. The molecule has 2 aliphatic heterocycles. The molecule has 2 aromatic carbocycles. The van der Waals surface area contributed by atoms with Gasteiger partial charge in [-0.2, -0.15) is 4.31 Å². The smallest absolute Gasteiger partial charge is 0.221 e. The molecule has 8 heteroatoms. The first kappa shape index (κ1) is 22.3. The van der Waals surface area contributed by atoms with Gasteiger partial charge in [0.1, 0.15) is 16.9 Å². The number of hydrogen-bond acceptors (Lipinski definition) is 4. The van der Waals surface area contributed by atoms with E-state index in [4.69, 9.17) is 10.5 Å². The van der Waals surface area contributed by atoms with Crippen molar-refractivity contribution in [1.29, 1.82) is 0 Å². The average Bonchev–Trinajstić information content (AvgIpc) is 2.74. The summed E-state index contributed by atoms with van der Waals surface area (Å²) in [4.78, 5) is 0. The van der Waals surface area contributed by atoms with Gasteiger partial charge in [0.05, 0.1) is 0 Å². The van der Waals surface area contributed by atoms with Crippen LogP contribution in [0.15, 0.2) is 42.5 Å². The van der Waals surface area contributed by atoms with Gasteiger partial charge in [0.2, 0.25) is 10.0 Å². The lowest BCUT2D eigenvalue weighted by Crippen LogP contribution is -2.45. The molecule has 2 aromatic rings. The number of nitrogens with zero attached hydrogens (tertiary/aromatic N) is 1. The van der Waals surface area contributed by atoms with Crippen LogP contribution < -0.4 is 5.73 Å². The van der Waals surface area contributed by atoms with Crippen molar-refractivity contribution in [3.8, 4) is 0 Å². The molecule has 2 saturated heterocycles. The Kier molecular flexibility index (Phi) is 6.18. The molecule has 2 N–H and O–H groups in total. The molecule has 5 nitrogen and oxygen atoms in total. The number of benzene rings is 2. The van der Waals surface area contributed by atoms with Gasteiger partial charge < -0.3 is 10.5 Å². The standard InChI is InChI=1S/C23H28F2N2O3S/c1-16-7-8-22(17-5-3-2-4-6-17)31(28,29)27(16)15-18-13-21(25)19(14-20(18)24)23(26)9-11-30-12-10-23/h2-6,13-14,16,22H,7-12,15,26H2,1H3/t16-,22+/m0/s1. The van der Waals surface area contributed by atoms with Crippen LogP contribution in [0.25, 0.3) is 0 Å². The maximum absolute atomic E-state index is 15.0. The molecule has 0 spiro atoms. The molecule has 168 valence electrons. The van der Waals surface area contributed by atoms with Crippen LogP contribution in [0.1, 0.15) is 54.5 Å². The second-order valence-electron chi connectivity index (χ2n) is 8.61. The quantitative estimate of drug-likeness (QED) is 0.765. The van der Waals surface area contributed by atoms with E-state index in [2.05, 4.69) is 0 Å². The number of halogens is 2. The topological polar surface area (TPSA) is 72.6 Å². The third-order valence-corrected chi connectivity index (χ3v) is 8.95. The molecule has 0 radical (unpaired) electrons. The molecule has 0 amide bonds. The lowest BCUT2D eigenvalue weighted by molar-refractivity contribution is 0.0509. The summed E-state index contributed by atoms with van der Waals surface area (Å²) in [7, 11) is -3.73. The van der Waals surface area contributed by atoms with E-state index in [1.807, 2.05) is 6.07 Å². The first-order chi connectivity index (χ1) is 14.7. The van der Waals surface area contributed by atoms with Crippen LogP contribution in [0.4, 0.5) is 8.78 Å². The Morgan fingerprint density at radius 3 is 2.45 bits per heavy atom. The van der Waals surface area contributed by atoms with E-state index >= 15 is 4.39 Å². The third-order valence-electron chi connectivity index (χ3n) is 6.58. The minimum absolute atomic E-state index is 0.0149. The van der Waals surface area contributed by atoms with Crippen LogP contribution in [0.5, 0.6) is 0 Å². The lowest BCUT2D eigenvalue weighted by atomic mass is 9.83. The maximum Gasteiger partial charge on any atom is 0.221 e. The fourth-order valence-corrected chi connectivity index (χ4v) is 6.80. The molecule has 2 heterocycles. The van der Waals surface area contributed by atoms with E-state index in [0.29, 0.717) is 44.5 Å². The van der Waals surface area contributed by atoms with Crippen LogP contribution in [-0.4, -0.2) is 32.0 Å². The summed E-state index contributed by atoms with van der Waals surface area (Å²) in [5.74, 6) is -1.25. The molecule has 2 atom stereocenters. The molecule has 0 bridgehead atoms. The first-order valence-corrected chi connectivity index (χ1v) is 12.1. The van der Waals surface area contributed by atoms with Crippen LogP contribution in [0, 0.1) is 11.6 Å². The summed E-state index contributed by atoms with van der Waals surface area (Å²) < 4.78 is 63.4. The van der Waals surface area contributed by atoms with Crippen molar-refractivity contribution in [2.45, 2.75) is 56.0 Å². The first-order valence-electron chi connectivity index (χ1n) is 10.6. The zero-order chi connectivity index (χ0) is 22.2. The fourth-order valence-electron chi connectivity index (χ4n) is 4.62. The van der Waals surface area contributed by atoms with Crippen molar-refractivity contribution in [1.82, 2.24) is 4.31 Å². The second kappa shape index (κ2) is 8.58. The summed E-state index contributed by atoms with van der Waals surface area (Å²) in [5.41, 5.74) is 6.21. The molecular weight excluding hydrogens is 422 g/mol. The highest BCUT2D eigenvalue weighted by molar-refractivity contribution is 7.89. The summed E-state index contributed by atoms with van der Waals surface area (Å²) in [6.07, 6.45) is 1.95. The Labute approximate surface area is 182 Å². The predicted octanol–water partition coefficient (Wildman–Crippen LogP) is 3.98. The zero-order valence-corrected chi connectivity index (χ0v) is 18.4. The SMILES string of the molecule is C[C@H]1CC[C@H](c2ccccc2)S(=O)(=O)N1Cc1cc(F)c(C2(N)CCOCC2)cc1F. The van der Waals surface area contributed by atoms with Gasteiger partial charge >= 0.3 is 0 Å². The highest BCUT2D eigenvalue weighted by atomic mass is 32.2. The minimum atomic E-state index is -3.73. The van der Waals surface area contributed by atoms with Gasteiger partial charge in [-0.1, -0.05) is 30.3 Å². The Hall–Kier alpha value is -1.87. The number of rotatable bonds is 4. The van der Waals surface area contributed by atoms with Gasteiger partial charge in [0.15, 0.2) is 0 Å². The van der Waals surface area contributed by atoms with E-state index in [9.17, 15) is 12.8 Å². The number of sulfonamides is 1. The molecule has 0 saturated carbocycles. The van der Waals surface area contributed by atoms with Crippen molar-refractivity contribution in [2.75, 3.05) is 13.2 Å². The van der Waals surface area contributed by atoms with Crippen molar-refractivity contribution in [3.63, 3.8) is 0 Å². The molecule has 2 aliphatic rings. The van der Waals surface area contributed by atoms with Gasteiger partial charge in [-0.15, -0.1) is 0 Å². The number of ether oxygens (including phenoxy) is 1. The second-order valence-corrected chi connectivity index (χ2v) is 10.7. The van der Waals surface area contributed by atoms with Crippen molar-refractivity contribution >= 4 is 10.0 Å². The highest BCUT2D eigenvalue weighted by Gasteiger charge is 2.41. The molecule has 2 fully saturated rings. The number of hydrogen-bond donors (Lipinski definition) is 1. The Morgan fingerprint density at radius 1 is 1.10 bits per heavy atom. The summed E-state index contributed by atoms with van der Waals surface area (Å²) >= 11 is 0. The van der Waals surface area contributed by atoms with Crippen molar-refractivity contribution in [2.24, 2.45) is 5.73 Å². The van der Waals surface area contributed by atoms with Crippen molar-refractivity contribution in [3.05, 3.63) is 70.8 Å². The van der Waals surface area contributed by atoms with Crippen LogP contribution in [-0.2, 0) is 26.8 Å². The molecule has 4 rings (SSSR count). The van der Waals surface area contributed by atoms with Gasteiger partial charge in [0, 0.05) is 42.5 Å². The van der Waals surface area contributed by atoms with E-state index in [-0.39, 0.29) is 23.7 Å². The van der Waals surface area contributed by atoms with Crippen LogP contribution in [0.3, 0.4) is 0 Å². The highest BCUT2D eigenvalue weighted by Crippen LogP contribution is 2.39. The summed E-state index contributed by atoms with van der Waals surface area (Å²) in [6.45, 7) is 2.38. The maximum atomic E-state index is 15.0. The summed E-state index contributed by atoms with van der Waals surface area (Å²) in [6, 6.07) is 11.0. The van der Waals surface area contributed by atoms with Crippen molar-refractivity contribution < 1.29 is 21.9 Å². The third kappa shape index (κ3) is 4.26. The van der Waals surface area contributed by atoms with Gasteiger partial charge in [-0.05, 0) is 50.3 Å². The minimum Gasteiger partial charge on any atom is -0.381 e. The molecule has 0 aromatic heterocycles. The van der Waals surface area contributed by atoms with E-state index in [1.54, 1.807) is 31.2 Å². The Morgan fingerprint density at radius 2 is 1.77 bits per heavy atom. The number of nitrogens with two attached hydrogens (primary N) is 1. The lowest BCUT2D eigenvalue weighted by Gasteiger charge is -2.38.